The Bertz CT molecular complexity index is 700. The van der Waals surface area contributed by atoms with Crippen LogP contribution in [0.5, 0.6) is 5.75 Å². The molecule has 1 amide bonds. The molecule has 0 bridgehead atoms. The van der Waals surface area contributed by atoms with Crippen molar-refractivity contribution in [3.8, 4) is 5.75 Å². The van der Waals surface area contributed by atoms with Crippen LogP contribution >= 0.6 is 0 Å². The van der Waals surface area contributed by atoms with Gasteiger partial charge in [0.25, 0.3) is 0 Å². The van der Waals surface area contributed by atoms with Gasteiger partial charge in [-0.15, -0.1) is 0 Å². The third-order valence-corrected chi connectivity index (χ3v) is 3.91. The van der Waals surface area contributed by atoms with Crippen LogP contribution in [0.3, 0.4) is 0 Å². The Morgan fingerprint density at radius 3 is 2.48 bits per heavy atom. The van der Waals surface area contributed by atoms with E-state index < -0.39 is 6.04 Å². The zero-order valence-corrected chi connectivity index (χ0v) is 14.5. The lowest BCUT2D eigenvalue weighted by atomic mass is 10.0. The van der Waals surface area contributed by atoms with Crippen molar-refractivity contribution in [2.75, 3.05) is 14.2 Å². The van der Waals surface area contributed by atoms with Crippen LogP contribution in [-0.4, -0.2) is 26.1 Å². The summed E-state index contributed by atoms with van der Waals surface area (Å²) >= 11 is 0. The van der Waals surface area contributed by atoms with Crippen molar-refractivity contribution in [2.24, 2.45) is 0 Å². The number of hydrogen-bond acceptors (Lipinski definition) is 4. The molecule has 0 saturated carbocycles. The quantitative estimate of drug-likeness (QED) is 0.750. The van der Waals surface area contributed by atoms with E-state index in [0.29, 0.717) is 12.8 Å². The maximum Gasteiger partial charge on any atom is 0.307 e. The van der Waals surface area contributed by atoms with Crippen molar-refractivity contribution in [3.63, 3.8) is 0 Å². The predicted octanol–water partition coefficient (Wildman–Crippen LogP) is 3.05. The zero-order valence-electron chi connectivity index (χ0n) is 14.5. The van der Waals surface area contributed by atoms with E-state index >= 15 is 0 Å². The fourth-order valence-corrected chi connectivity index (χ4v) is 2.54. The van der Waals surface area contributed by atoms with Crippen molar-refractivity contribution in [3.05, 3.63) is 65.7 Å². The summed E-state index contributed by atoms with van der Waals surface area (Å²) in [5.74, 6) is 0.299. The second-order valence-electron chi connectivity index (χ2n) is 5.66. The van der Waals surface area contributed by atoms with Crippen molar-refractivity contribution < 1.29 is 19.1 Å². The summed E-state index contributed by atoms with van der Waals surface area (Å²) in [6.45, 7) is 0. The monoisotopic (exact) mass is 341 g/mol. The highest BCUT2D eigenvalue weighted by Gasteiger charge is 2.18. The van der Waals surface area contributed by atoms with Crippen molar-refractivity contribution in [2.45, 2.75) is 25.3 Å². The standard InChI is InChI=1S/C20H23NO4/c1-24-17-10-6-7-15(13-17)11-12-19(22)21-18(14-20(23)25-2)16-8-4-3-5-9-16/h3-10,13,18H,11-12,14H2,1-2H3,(H,21,22). The number of hydrogen-bond donors (Lipinski definition) is 1. The average molecular weight is 341 g/mol. The number of aryl methyl sites for hydroxylation is 1. The predicted molar refractivity (Wildman–Crippen MR) is 95.3 cm³/mol. The molecule has 132 valence electrons. The number of amides is 1. The molecule has 25 heavy (non-hydrogen) atoms. The van der Waals surface area contributed by atoms with Crippen molar-refractivity contribution >= 4 is 11.9 Å². The molecule has 0 aliphatic rings. The molecule has 2 rings (SSSR count). The minimum Gasteiger partial charge on any atom is -0.497 e. The zero-order chi connectivity index (χ0) is 18.1. The van der Waals surface area contributed by atoms with Gasteiger partial charge in [-0.3, -0.25) is 9.59 Å². The summed E-state index contributed by atoms with van der Waals surface area (Å²) < 4.78 is 9.92. The van der Waals surface area contributed by atoms with Gasteiger partial charge in [0, 0.05) is 6.42 Å². The van der Waals surface area contributed by atoms with Crippen molar-refractivity contribution in [1.29, 1.82) is 0 Å². The van der Waals surface area contributed by atoms with E-state index in [4.69, 9.17) is 9.47 Å². The van der Waals surface area contributed by atoms with Crippen LogP contribution in [0.15, 0.2) is 54.6 Å². The summed E-state index contributed by atoms with van der Waals surface area (Å²) in [7, 11) is 2.96. The van der Waals surface area contributed by atoms with E-state index in [2.05, 4.69) is 5.32 Å². The summed E-state index contributed by atoms with van der Waals surface area (Å²) in [6.07, 6.45) is 1.03. The van der Waals surface area contributed by atoms with Gasteiger partial charge in [0.05, 0.1) is 26.7 Å². The summed E-state index contributed by atoms with van der Waals surface area (Å²) in [6, 6.07) is 16.7. The number of carbonyl (C=O) groups is 2. The Balaban J connectivity index is 1.97. The van der Waals surface area contributed by atoms with Gasteiger partial charge in [0.2, 0.25) is 5.91 Å². The molecule has 5 nitrogen and oxygen atoms in total. The first-order valence-corrected chi connectivity index (χ1v) is 8.16. The second-order valence-corrected chi connectivity index (χ2v) is 5.66. The van der Waals surface area contributed by atoms with Gasteiger partial charge >= 0.3 is 5.97 Å². The molecule has 0 aromatic heterocycles. The highest BCUT2D eigenvalue weighted by atomic mass is 16.5. The van der Waals surface area contributed by atoms with Crippen LogP contribution < -0.4 is 10.1 Å². The molecule has 0 aliphatic heterocycles. The molecule has 2 aromatic carbocycles. The maximum absolute atomic E-state index is 12.3. The number of nitrogens with one attached hydrogen (secondary N) is 1. The van der Waals surface area contributed by atoms with Crippen LogP contribution in [0.1, 0.15) is 30.0 Å². The highest BCUT2D eigenvalue weighted by Crippen LogP contribution is 2.18. The Kier molecular flexibility index (Phi) is 7.01. The number of benzene rings is 2. The fourth-order valence-electron chi connectivity index (χ4n) is 2.54. The maximum atomic E-state index is 12.3. The molecule has 1 N–H and O–H groups in total. The highest BCUT2D eigenvalue weighted by molar-refractivity contribution is 5.78. The van der Waals surface area contributed by atoms with Gasteiger partial charge in [-0.2, -0.15) is 0 Å². The van der Waals surface area contributed by atoms with Crippen LogP contribution in [-0.2, 0) is 20.7 Å². The Morgan fingerprint density at radius 1 is 1.04 bits per heavy atom. The van der Waals surface area contributed by atoms with Gasteiger partial charge < -0.3 is 14.8 Å². The molecular formula is C20H23NO4. The van der Waals surface area contributed by atoms with Gasteiger partial charge in [-0.1, -0.05) is 42.5 Å². The molecule has 0 saturated heterocycles. The van der Waals surface area contributed by atoms with Crippen LogP contribution in [0, 0.1) is 0 Å². The SMILES string of the molecule is COC(=O)CC(NC(=O)CCc1cccc(OC)c1)c1ccccc1. The molecule has 1 atom stereocenters. The minimum atomic E-state index is -0.397. The first-order valence-electron chi connectivity index (χ1n) is 8.16. The molecule has 5 heteroatoms. The van der Waals surface area contributed by atoms with Crippen LogP contribution in [0.25, 0.3) is 0 Å². The van der Waals surface area contributed by atoms with Crippen LogP contribution in [0.4, 0.5) is 0 Å². The minimum absolute atomic E-state index is 0.103. The molecule has 0 aliphatic carbocycles. The molecule has 0 fully saturated rings. The summed E-state index contributed by atoms with van der Waals surface area (Å²) in [5, 5.41) is 2.93. The van der Waals surface area contributed by atoms with E-state index in [1.807, 2.05) is 54.6 Å². The smallest absolute Gasteiger partial charge is 0.307 e. The summed E-state index contributed by atoms with van der Waals surface area (Å²) in [5.41, 5.74) is 1.90. The van der Waals surface area contributed by atoms with E-state index in [1.54, 1.807) is 7.11 Å². The van der Waals surface area contributed by atoms with Crippen LogP contribution in [0.2, 0.25) is 0 Å². The Hall–Kier alpha value is -2.82. The van der Waals surface area contributed by atoms with E-state index in [-0.39, 0.29) is 18.3 Å². The van der Waals surface area contributed by atoms with E-state index in [0.717, 1.165) is 16.9 Å². The van der Waals surface area contributed by atoms with Gasteiger partial charge in [0.15, 0.2) is 0 Å². The third-order valence-electron chi connectivity index (χ3n) is 3.91. The first-order chi connectivity index (χ1) is 12.1. The number of ether oxygens (including phenoxy) is 2. The lowest BCUT2D eigenvalue weighted by molar-refractivity contribution is -0.141. The van der Waals surface area contributed by atoms with Gasteiger partial charge in [-0.25, -0.2) is 0 Å². The third kappa shape index (κ3) is 5.95. The fraction of sp³-hybridized carbons (Fsp3) is 0.300. The van der Waals surface area contributed by atoms with Crippen molar-refractivity contribution in [1.82, 2.24) is 5.32 Å². The van der Waals surface area contributed by atoms with Gasteiger partial charge in [0.1, 0.15) is 5.75 Å². The molecule has 0 spiro atoms. The molecule has 2 aromatic rings. The average Bonchev–Trinajstić information content (AvgIpc) is 2.66. The normalized spacial score (nSPS) is 11.4. The number of carbonyl (C=O) groups excluding carboxylic acids is 2. The number of esters is 1. The van der Waals surface area contributed by atoms with E-state index in [9.17, 15) is 9.59 Å². The largest absolute Gasteiger partial charge is 0.497 e. The topological polar surface area (TPSA) is 64.6 Å². The lowest BCUT2D eigenvalue weighted by Crippen LogP contribution is -2.30. The second kappa shape index (κ2) is 9.47. The lowest BCUT2D eigenvalue weighted by Gasteiger charge is -2.18. The Morgan fingerprint density at radius 2 is 1.80 bits per heavy atom. The Labute approximate surface area is 148 Å². The van der Waals surface area contributed by atoms with Gasteiger partial charge in [-0.05, 0) is 29.7 Å². The molecule has 0 heterocycles. The molecule has 0 radical (unpaired) electrons. The molecular weight excluding hydrogens is 318 g/mol. The first kappa shape index (κ1) is 18.5. The summed E-state index contributed by atoms with van der Waals surface area (Å²) in [4.78, 5) is 24.0. The number of methoxy groups -OCH3 is 2. The van der Waals surface area contributed by atoms with E-state index in [1.165, 1.54) is 7.11 Å². The number of rotatable bonds is 8. The molecule has 1 unspecified atom stereocenters.